The predicted molar refractivity (Wildman–Crippen MR) is 71.4 cm³/mol. The van der Waals surface area contributed by atoms with Gasteiger partial charge in [0.15, 0.2) is 0 Å². The van der Waals surface area contributed by atoms with E-state index < -0.39 is 0 Å². The molecule has 1 aliphatic carbocycles. The third-order valence-electron chi connectivity index (χ3n) is 3.44. The molecule has 0 spiro atoms. The summed E-state index contributed by atoms with van der Waals surface area (Å²) in [5.41, 5.74) is 3.48. The summed E-state index contributed by atoms with van der Waals surface area (Å²) in [4.78, 5) is 3.34. The molecule has 2 heteroatoms. The third-order valence-corrected chi connectivity index (χ3v) is 3.44. The Balaban J connectivity index is 2.30. The van der Waals surface area contributed by atoms with Gasteiger partial charge < -0.3 is 0 Å². The highest BCUT2D eigenvalue weighted by Gasteiger charge is 2.20. The fourth-order valence-electron chi connectivity index (χ4n) is 2.58. The monoisotopic (exact) mass is 230 g/mol. The zero-order valence-electron chi connectivity index (χ0n) is 9.77. The standard InChI is InChI=1S/C16H10N2/c1-18-16(10-17)14-7-6-13-8-11-4-2-3-5-12(11)9-15(13)14/h2-5,8-9H,6-7H2. The van der Waals surface area contributed by atoms with Crippen molar-refractivity contribution in [3.05, 3.63) is 64.6 Å². The Hall–Kier alpha value is -2.58. The maximum atomic E-state index is 9.00. The van der Waals surface area contributed by atoms with E-state index in [4.69, 9.17) is 11.8 Å². The minimum Gasteiger partial charge on any atom is -0.226 e. The maximum Gasteiger partial charge on any atom is 0.265 e. The summed E-state index contributed by atoms with van der Waals surface area (Å²) in [5.74, 6) is 0. The van der Waals surface area contributed by atoms with Gasteiger partial charge in [0.2, 0.25) is 0 Å². The molecular weight excluding hydrogens is 220 g/mol. The Labute approximate surface area is 106 Å². The highest BCUT2D eigenvalue weighted by atomic mass is 14.7. The fraction of sp³-hybridized carbons (Fsp3) is 0.125. The number of fused-ring (bicyclic) bond motifs is 2. The van der Waals surface area contributed by atoms with Crippen molar-refractivity contribution in [2.45, 2.75) is 12.8 Å². The first-order valence-corrected chi connectivity index (χ1v) is 5.86. The van der Waals surface area contributed by atoms with Crippen LogP contribution in [0, 0.1) is 17.9 Å². The normalized spacial score (nSPS) is 15.9. The van der Waals surface area contributed by atoms with Crippen LogP contribution in [0.3, 0.4) is 0 Å². The van der Waals surface area contributed by atoms with E-state index in [2.05, 4.69) is 29.1 Å². The quantitative estimate of drug-likeness (QED) is 0.497. The first-order chi connectivity index (χ1) is 8.83. The van der Waals surface area contributed by atoms with Crippen molar-refractivity contribution in [1.82, 2.24) is 0 Å². The number of nitriles is 1. The van der Waals surface area contributed by atoms with E-state index in [1.165, 1.54) is 10.9 Å². The zero-order chi connectivity index (χ0) is 12.5. The van der Waals surface area contributed by atoms with Gasteiger partial charge in [-0.3, -0.25) is 0 Å². The van der Waals surface area contributed by atoms with Gasteiger partial charge in [0.25, 0.3) is 5.70 Å². The van der Waals surface area contributed by atoms with Gasteiger partial charge in [-0.15, -0.1) is 0 Å². The van der Waals surface area contributed by atoms with Gasteiger partial charge >= 0.3 is 0 Å². The lowest BCUT2D eigenvalue weighted by molar-refractivity contribution is 1.08. The Bertz CT molecular complexity index is 739. The van der Waals surface area contributed by atoms with E-state index in [9.17, 15) is 0 Å². The minimum absolute atomic E-state index is 0.240. The highest BCUT2D eigenvalue weighted by Crippen LogP contribution is 2.37. The van der Waals surface area contributed by atoms with Gasteiger partial charge in [0.1, 0.15) is 0 Å². The van der Waals surface area contributed by atoms with Gasteiger partial charge in [-0.1, -0.05) is 30.3 Å². The van der Waals surface area contributed by atoms with Gasteiger partial charge in [-0.2, -0.15) is 0 Å². The summed E-state index contributed by atoms with van der Waals surface area (Å²) in [6.07, 6.45) is 1.73. The van der Waals surface area contributed by atoms with Crippen molar-refractivity contribution in [2.75, 3.05) is 0 Å². The average molecular weight is 230 g/mol. The zero-order valence-corrected chi connectivity index (χ0v) is 9.77. The fourth-order valence-corrected chi connectivity index (χ4v) is 2.58. The molecule has 0 N–H and O–H groups in total. The van der Waals surface area contributed by atoms with Gasteiger partial charge in [-0.05, 0) is 46.4 Å². The van der Waals surface area contributed by atoms with Gasteiger partial charge in [0, 0.05) is 0 Å². The van der Waals surface area contributed by atoms with Crippen LogP contribution in [0.2, 0.25) is 0 Å². The molecular formula is C16H10N2. The summed E-state index contributed by atoms with van der Waals surface area (Å²) in [5, 5.41) is 11.4. The summed E-state index contributed by atoms with van der Waals surface area (Å²) < 4.78 is 0. The molecule has 0 heterocycles. The third kappa shape index (κ3) is 1.48. The lowest BCUT2D eigenvalue weighted by atomic mass is 10.0. The smallest absolute Gasteiger partial charge is 0.226 e. The van der Waals surface area contributed by atoms with Crippen LogP contribution in [-0.4, -0.2) is 0 Å². The van der Waals surface area contributed by atoms with Crippen molar-refractivity contribution >= 4 is 16.3 Å². The number of hydrogen-bond acceptors (Lipinski definition) is 1. The van der Waals surface area contributed by atoms with Crippen molar-refractivity contribution in [2.24, 2.45) is 0 Å². The molecule has 2 aromatic rings. The number of benzene rings is 2. The van der Waals surface area contributed by atoms with Crippen molar-refractivity contribution in [3.8, 4) is 6.07 Å². The number of nitrogens with zero attached hydrogens (tertiary/aromatic N) is 2. The molecule has 0 aromatic heterocycles. The summed E-state index contributed by atoms with van der Waals surface area (Å²) in [6, 6.07) is 14.5. The van der Waals surface area contributed by atoms with Crippen LogP contribution in [0.25, 0.3) is 21.2 Å². The molecule has 0 unspecified atom stereocenters. The molecule has 0 atom stereocenters. The topological polar surface area (TPSA) is 28.1 Å². The second-order valence-corrected chi connectivity index (χ2v) is 4.41. The predicted octanol–water partition coefficient (Wildman–Crippen LogP) is 3.94. The molecule has 0 radical (unpaired) electrons. The molecule has 0 amide bonds. The summed E-state index contributed by atoms with van der Waals surface area (Å²) in [7, 11) is 0. The van der Waals surface area contributed by atoms with E-state index in [0.717, 1.165) is 29.4 Å². The first-order valence-electron chi connectivity index (χ1n) is 5.86. The number of aryl methyl sites for hydroxylation is 1. The summed E-state index contributed by atoms with van der Waals surface area (Å²) in [6.45, 7) is 7.07. The Morgan fingerprint density at radius 2 is 1.89 bits per heavy atom. The lowest BCUT2D eigenvalue weighted by Gasteiger charge is -2.04. The molecule has 0 saturated carbocycles. The van der Waals surface area contributed by atoms with E-state index in [0.29, 0.717) is 0 Å². The molecule has 2 aromatic carbocycles. The van der Waals surface area contributed by atoms with Crippen LogP contribution in [-0.2, 0) is 6.42 Å². The number of hydrogen-bond donors (Lipinski definition) is 0. The molecule has 0 aliphatic heterocycles. The average Bonchev–Trinajstić information content (AvgIpc) is 2.81. The number of allylic oxidation sites excluding steroid dienone is 2. The van der Waals surface area contributed by atoms with Crippen LogP contribution < -0.4 is 0 Å². The molecule has 18 heavy (non-hydrogen) atoms. The van der Waals surface area contributed by atoms with Crippen molar-refractivity contribution in [1.29, 1.82) is 5.26 Å². The number of rotatable bonds is 0. The lowest BCUT2D eigenvalue weighted by Crippen LogP contribution is -1.84. The Kier molecular flexibility index (Phi) is 2.36. The molecule has 0 bridgehead atoms. The largest absolute Gasteiger partial charge is 0.265 e. The van der Waals surface area contributed by atoms with Crippen LogP contribution in [0.5, 0.6) is 0 Å². The molecule has 84 valence electrons. The van der Waals surface area contributed by atoms with Crippen molar-refractivity contribution < 1.29 is 0 Å². The highest BCUT2D eigenvalue weighted by molar-refractivity contribution is 5.90. The second kappa shape index (κ2) is 4.02. The molecule has 1 aliphatic rings. The molecule has 3 rings (SSSR count). The Morgan fingerprint density at radius 3 is 2.56 bits per heavy atom. The SMILES string of the molecule is [C-]#[N+]C(C#N)=C1CCc2cc3ccccc3cc21. The molecule has 0 fully saturated rings. The Morgan fingerprint density at radius 1 is 1.17 bits per heavy atom. The maximum absolute atomic E-state index is 9.00. The van der Waals surface area contributed by atoms with E-state index >= 15 is 0 Å². The molecule has 2 nitrogen and oxygen atoms in total. The van der Waals surface area contributed by atoms with Crippen LogP contribution in [0.4, 0.5) is 0 Å². The van der Waals surface area contributed by atoms with Crippen molar-refractivity contribution in [3.63, 3.8) is 0 Å². The van der Waals surface area contributed by atoms with E-state index in [1.807, 2.05) is 18.2 Å². The first kappa shape index (κ1) is 10.6. The molecule has 0 saturated heterocycles. The van der Waals surface area contributed by atoms with Gasteiger partial charge in [-0.25, -0.2) is 10.1 Å². The van der Waals surface area contributed by atoms with E-state index in [-0.39, 0.29) is 5.70 Å². The van der Waals surface area contributed by atoms with Crippen LogP contribution in [0.1, 0.15) is 17.5 Å². The second-order valence-electron chi connectivity index (χ2n) is 4.41. The van der Waals surface area contributed by atoms with Crippen LogP contribution >= 0.6 is 0 Å². The van der Waals surface area contributed by atoms with Gasteiger partial charge in [0.05, 0.1) is 12.6 Å². The minimum atomic E-state index is 0.240. The summed E-state index contributed by atoms with van der Waals surface area (Å²) >= 11 is 0. The van der Waals surface area contributed by atoms with Crippen LogP contribution in [0.15, 0.2) is 42.1 Å². The van der Waals surface area contributed by atoms with E-state index in [1.54, 1.807) is 0 Å².